The van der Waals surface area contributed by atoms with E-state index >= 15 is 0 Å². The molecule has 3 nitrogen and oxygen atoms in total. The second kappa shape index (κ2) is 14.2. The largest absolute Gasteiger partial charge is 0.478 e. The summed E-state index contributed by atoms with van der Waals surface area (Å²) in [7, 11) is 0. The Labute approximate surface area is 99.2 Å². The Kier molecular flexibility index (Phi) is 15.6. The van der Waals surface area contributed by atoms with Crippen molar-refractivity contribution in [3.63, 3.8) is 0 Å². The van der Waals surface area contributed by atoms with E-state index in [9.17, 15) is 4.79 Å². The summed E-state index contributed by atoms with van der Waals surface area (Å²) in [6.45, 7) is 7.87. The first kappa shape index (κ1) is 17.6. The van der Waals surface area contributed by atoms with Gasteiger partial charge in [-0.05, 0) is 12.3 Å². The minimum atomic E-state index is -0.981. The predicted molar refractivity (Wildman–Crippen MR) is 67.5 cm³/mol. The van der Waals surface area contributed by atoms with Crippen molar-refractivity contribution >= 4 is 5.97 Å². The number of rotatable bonds is 8. The van der Waals surface area contributed by atoms with Crippen molar-refractivity contribution in [1.29, 1.82) is 0 Å². The van der Waals surface area contributed by atoms with E-state index in [1.165, 1.54) is 32.1 Å². The predicted octanol–water partition coefficient (Wildman–Crippen LogP) is 3.23. The number of aliphatic hydroxyl groups excluding tert-OH is 1. The molecule has 0 aromatic rings. The van der Waals surface area contributed by atoms with E-state index in [0.717, 1.165) is 18.4 Å². The highest BCUT2D eigenvalue weighted by molar-refractivity contribution is 5.78. The SMILES string of the molecule is C=CC(=O)O.CC(C)CCCCCCCO. The van der Waals surface area contributed by atoms with E-state index in [1.54, 1.807) is 0 Å². The van der Waals surface area contributed by atoms with Gasteiger partial charge < -0.3 is 10.2 Å². The molecular formula is C13H26O3. The molecule has 2 N–H and O–H groups in total. The second-order valence-corrected chi connectivity index (χ2v) is 4.22. The lowest BCUT2D eigenvalue weighted by molar-refractivity contribution is -0.131. The molecule has 3 heteroatoms. The minimum Gasteiger partial charge on any atom is -0.478 e. The Balaban J connectivity index is 0. The third kappa shape index (κ3) is 23.2. The quantitative estimate of drug-likeness (QED) is 0.497. The fourth-order valence-corrected chi connectivity index (χ4v) is 1.19. The molecule has 0 aromatic carbocycles. The molecule has 0 aliphatic rings. The van der Waals surface area contributed by atoms with Crippen molar-refractivity contribution in [1.82, 2.24) is 0 Å². The summed E-state index contributed by atoms with van der Waals surface area (Å²) in [5.74, 6) is -0.127. The maximum absolute atomic E-state index is 9.25. The molecule has 0 heterocycles. The normalized spacial score (nSPS) is 9.50. The zero-order valence-corrected chi connectivity index (χ0v) is 10.6. The average molecular weight is 230 g/mol. The van der Waals surface area contributed by atoms with Crippen LogP contribution >= 0.6 is 0 Å². The summed E-state index contributed by atoms with van der Waals surface area (Å²) >= 11 is 0. The van der Waals surface area contributed by atoms with Gasteiger partial charge in [-0.3, -0.25) is 0 Å². The first-order valence-corrected chi connectivity index (χ1v) is 6.00. The number of aliphatic carboxylic acids is 1. The molecule has 0 unspecified atom stereocenters. The van der Waals surface area contributed by atoms with Gasteiger partial charge in [0.15, 0.2) is 0 Å². The van der Waals surface area contributed by atoms with Crippen LogP contribution in [0.3, 0.4) is 0 Å². The lowest BCUT2D eigenvalue weighted by atomic mass is 10.0. The number of aliphatic hydroxyl groups is 1. The molecule has 0 saturated carbocycles. The van der Waals surface area contributed by atoms with E-state index in [0.29, 0.717) is 6.61 Å². The summed E-state index contributed by atoms with van der Waals surface area (Å²) in [6.07, 6.45) is 8.39. The minimum absolute atomic E-state index is 0.365. The summed E-state index contributed by atoms with van der Waals surface area (Å²) in [6, 6.07) is 0. The van der Waals surface area contributed by atoms with Crippen molar-refractivity contribution < 1.29 is 15.0 Å². The van der Waals surface area contributed by atoms with Gasteiger partial charge in [0.05, 0.1) is 0 Å². The highest BCUT2D eigenvalue weighted by Gasteiger charge is 1.93. The molecule has 0 rings (SSSR count). The summed E-state index contributed by atoms with van der Waals surface area (Å²) < 4.78 is 0. The van der Waals surface area contributed by atoms with Crippen LogP contribution < -0.4 is 0 Å². The third-order valence-corrected chi connectivity index (χ3v) is 2.11. The van der Waals surface area contributed by atoms with Crippen LogP contribution in [-0.2, 0) is 4.79 Å². The van der Waals surface area contributed by atoms with E-state index in [1.807, 2.05) is 0 Å². The van der Waals surface area contributed by atoms with Crippen LogP contribution in [0.25, 0.3) is 0 Å². The first-order chi connectivity index (χ1) is 7.54. The Morgan fingerprint density at radius 2 is 1.62 bits per heavy atom. The maximum atomic E-state index is 9.25. The van der Waals surface area contributed by atoms with E-state index < -0.39 is 5.97 Å². The molecule has 0 saturated heterocycles. The van der Waals surface area contributed by atoms with Crippen molar-refractivity contribution in [3.8, 4) is 0 Å². The molecule has 0 spiro atoms. The molecule has 0 amide bonds. The van der Waals surface area contributed by atoms with Crippen LogP contribution in [0.4, 0.5) is 0 Å². The fourth-order valence-electron chi connectivity index (χ4n) is 1.19. The number of carboxylic acid groups (broad SMARTS) is 1. The van der Waals surface area contributed by atoms with E-state index in [2.05, 4.69) is 20.4 Å². The third-order valence-electron chi connectivity index (χ3n) is 2.11. The number of carbonyl (C=O) groups is 1. The fraction of sp³-hybridized carbons (Fsp3) is 0.769. The molecule has 0 aliphatic heterocycles. The molecule has 0 aromatic heterocycles. The van der Waals surface area contributed by atoms with Crippen molar-refractivity contribution in [3.05, 3.63) is 12.7 Å². The molecule has 0 fully saturated rings. The van der Waals surface area contributed by atoms with Crippen LogP contribution in [-0.4, -0.2) is 22.8 Å². The Bertz CT molecular complexity index is 165. The molecule has 0 bridgehead atoms. The van der Waals surface area contributed by atoms with E-state index in [4.69, 9.17) is 10.2 Å². The maximum Gasteiger partial charge on any atom is 0.327 e. The van der Waals surface area contributed by atoms with Crippen LogP contribution in [0.2, 0.25) is 0 Å². The van der Waals surface area contributed by atoms with Crippen molar-refractivity contribution in [2.45, 2.75) is 52.4 Å². The number of hydrogen-bond donors (Lipinski definition) is 2. The summed E-state index contributed by atoms with van der Waals surface area (Å²) in [5.41, 5.74) is 0. The van der Waals surface area contributed by atoms with Crippen LogP contribution in [0.1, 0.15) is 52.4 Å². The van der Waals surface area contributed by atoms with Gasteiger partial charge in [-0.15, -0.1) is 0 Å². The van der Waals surface area contributed by atoms with Gasteiger partial charge in [-0.1, -0.05) is 52.5 Å². The molecule has 16 heavy (non-hydrogen) atoms. The molecule has 0 radical (unpaired) electrons. The molecule has 96 valence electrons. The monoisotopic (exact) mass is 230 g/mol. The van der Waals surface area contributed by atoms with E-state index in [-0.39, 0.29) is 0 Å². The number of carboxylic acids is 1. The average Bonchev–Trinajstić information content (AvgIpc) is 2.23. The smallest absolute Gasteiger partial charge is 0.327 e. The van der Waals surface area contributed by atoms with Gasteiger partial charge in [-0.25, -0.2) is 4.79 Å². The lowest BCUT2D eigenvalue weighted by Crippen LogP contribution is -1.88. The van der Waals surface area contributed by atoms with Crippen LogP contribution in [0.5, 0.6) is 0 Å². The molecule has 0 aliphatic carbocycles. The Morgan fingerprint density at radius 3 is 2.00 bits per heavy atom. The number of hydrogen-bond acceptors (Lipinski definition) is 2. The molecular weight excluding hydrogens is 204 g/mol. The van der Waals surface area contributed by atoms with Gasteiger partial charge in [0.1, 0.15) is 0 Å². The zero-order valence-electron chi connectivity index (χ0n) is 10.6. The second-order valence-electron chi connectivity index (χ2n) is 4.22. The van der Waals surface area contributed by atoms with Crippen LogP contribution in [0, 0.1) is 5.92 Å². The Morgan fingerprint density at radius 1 is 1.19 bits per heavy atom. The van der Waals surface area contributed by atoms with Crippen LogP contribution in [0.15, 0.2) is 12.7 Å². The molecule has 0 atom stereocenters. The summed E-state index contributed by atoms with van der Waals surface area (Å²) in [4.78, 5) is 9.25. The zero-order chi connectivity index (χ0) is 12.8. The van der Waals surface area contributed by atoms with Gasteiger partial charge in [0.2, 0.25) is 0 Å². The lowest BCUT2D eigenvalue weighted by Gasteiger charge is -2.03. The topological polar surface area (TPSA) is 57.5 Å². The highest BCUT2D eigenvalue weighted by Crippen LogP contribution is 2.09. The number of unbranched alkanes of at least 4 members (excludes halogenated alkanes) is 4. The van der Waals surface area contributed by atoms with Gasteiger partial charge in [0.25, 0.3) is 0 Å². The van der Waals surface area contributed by atoms with Crippen molar-refractivity contribution in [2.24, 2.45) is 5.92 Å². The van der Waals surface area contributed by atoms with Gasteiger partial charge in [-0.2, -0.15) is 0 Å². The van der Waals surface area contributed by atoms with Gasteiger partial charge in [0, 0.05) is 12.7 Å². The first-order valence-electron chi connectivity index (χ1n) is 6.00. The Hall–Kier alpha value is -0.830. The summed E-state index contributed by atoms with van der Waals surface area (Å²) in [5, 5.41) is 16.1. The van der Waals surface area contributed by atoms with Crippen molar-refractivity contribution in [2.75, 3.05) is 6.61 Å². The highest BCUT2D eigenvalue weighted by atomic mass is 16.4. The van der Waals surface area contributed by atoms with Gasteiger partial charge >= 0.3 is 5.97 Å². The standard InChI is InChI=1S/C10H22O.C3H4O2/c1-10(2)8-6-4-3-5-7-9-11;1-2-3(4)5/h10-11H,3-9H2,1-2H3;2H,1H2,(H,4,5).